The lowest BCUT2D eigenvalue weighted by Gasteiger charge is -2.24. The van der Waals surface area contributed by atoms with Crippen LogP contribution in [0.15, 0.2) is 24.3 Å². The Kier molecular flexibility index (Phi) is 3.69. The lowest BCUT2D eigenvalue weighted by molar-refractivity contribution is -0.121. The summed E-state index contributed by atoms with van der Waals surface area (Å²) in [7, 11) is 0. The SMILES string of the molecule is Cc1ccc(C(=O)CN2CCC(=O)CC2)cc1. The molecule has 3 nitrogen and oxygen atoms in total. The van der Waals surface area contributed by atoms with Gasteiger partial charge >= 0.3 is 0 Å². The zero-order valence-corrected chi connectivity index (χ0v) is 10.1. The minimum atomic E-state index is 0.138. The first-order chi connectivity index (χ1) is 8.15. The smallest absolute Gasteiger partial charge is 0.176 e. The monoisotopic (exact) mass is 231 g/mol. The first-order valence-corrected chi connectivity index (χ1v) is 5.99. The van der Waals surface area contributed by atoms with E-state index in [1.54, 1.807) is 0 Å². The number of likely N-dealkylation sites (tertiary alicyclic amines) is 1. The number of benzene rings is 1. The third-order valence-electron chi connectivity index (χ3n) is 3.15. The van der Waals surface area contributed by atoms with E-state index >= 15 is 0 Å². The number of carbonyl (C=O) groups excluding carboxylic acids is 2. The Morgan fingerprint density at radius 3 is 2.35 bits per heavy atom. The molecule has 3 heteroatoms. The highest BCUT2D eigenvalue weighted by molar-refractivity contribution is 5.97. The van der Waals surface area contributed by atoms with Crippen molar-refractivity contribution in [1.29, 1.82) is 0 Å². The molecule has 0 aromatic heterocycles. The van der Waals surface area contributed by atoms with Crippen LogP contribution in [0.2, 0.25) is 0 Å². The zero-order chi connectivity index (χ0) is 12.3. The first-order valence-electron chi connectivity index (χ1n) is 5.99. The maximum atomic E-state index is 12.0. The molecule has 1 aromatic rings. The summed E-state index contributed by atoms with van der Waals surface area (Å²) in [6, 6.07) is 7.64. The predicted molar refractivity (Wildman–Crippen MR) is 66.2 cm³/mol. The van der Waals surface area contributed by atoms with Crippen molar-refractivity contribution < 1.29 is 9.59 Å². The molecule has 0 saturated carbocycles. The Labute approximate surface area is 101 Å². The van der Waals surface area contributed by atoms with Crippen LogP contribution >= 0.6 is 0 Å². The standard InChI is InChI=1S/C14H17NO2/c1-11-2-4-12(5-3-11)14(17)10-15-8-6-13(16)7-9-15/h2-5H,6-10H2,1H3. The zero-order valence-electron chi connectivity index (χ0n) is 10.1. The summed E-state index contributed by atoms with van der Waals surface area (Å²) in [4.78, 5) is 25.1. The van der Waals surface area contributed by atoms with E-state index in [4.69, 9.17) is 0 Å². The summed E-state index contributed by atoms with van der Waals surface area (Å²) >= 11 is 0. The lowest BCUT2D eigenvalue weighted by atomic mass is 10.1. The number of ketones is 2. The number of piperidine rings is 1. The fourth-order valence-corrected chi connectivity index (χ4v) is 1.99. The van der Waals surface area contributed by atoms with Gasteiger partial charge in [-0.2, -0.15) is 0 Å². The van der Waals surface area contributed by atoms with E-state index in [9.17, 15) is 9.59 Å². The van der Waals surface area contributed by atoms with Crippen molar-refractivity contribution in [2.45, 2.75) is 19.8 Å². The fraction of sp³-hybridized carbons (Fsp3) is 0.429. The van der Waals surface area contributed by atoms with Crippen molar-refractivity contribution in [3.8, 4) is 0 Å². The van der Waals surface area contributed by atoms with Crippen LogP contribution in [0.3, 0.4) is 0 Å². The van der Waals surface area contributed by atoms with Gasteiger partial charge in [0.1, 0.15) is 5.78 Å². The van der Waals surface area contributed by atoms with Crippen LogP contribution in [-0.4, -0.2) is 36.1 Å². The van der Waals surface area contributed by atoms with Gasteiger partial charge in [0, 0.05) is 31.5 Å². The van der Waals surface area contributed by atoms with Gasteiger partial charge in [-0.3, -0.25) is 14.5 Å². The topological polar surface area (TPSA) is 37.4 Å². The molecule has 0 radical (unpaired) electrons. The molecular weight excluding hydrogens is 214 g/mol. The van der Waals surface area contributed by atoms with Gasteiger partial charge in [0.2, 0.25) is 0 Å². The van der Waals surface area contributed by atoms with Crippen LogP contribution in [0.5, 0.6) is 0 Å². The van der Waals surface area contributed by atoms with E-state index in [0.717, 1.165) is 24.2 Å². The number of rotatable bonds is 3. The van der Waals surface area contributed by atoms with Crippen molar-refractivity contribution in [2.24, 2.45) is 0 Å². The maximum absolute atomic E-state index is 12.0. The molecule has 0 unspecified atom stereocenters. The molecular formula is C14H17NO2. The highest BCUT2D eigenvalue weighted by Crippen LogP contribution is 2.09. The van der Waals surface area contributed by atoms with E-state index in [0.29, 0.717) is 25.2 Å². The van der Waals surface area contributed by atoms with Crippen molar-refractivity contribution >= 4 is 11.6 Å². The molecule has 0 amide bonds. The molecule has 0 bridgehead atoms. The highest BCUT2D eigenvalue weighted by Gasteiger charge is 2.18. The van der Waals surface area contributed by atoms with Gasteiger partial charge in [-0.15, -0.1) is 0 Å². The highest BCUT2D eigenvalue weighted by atomic mass is 16.1. The van der Waals surface area contributed by atoms with Gasteiger partial charge in [0.15, 0.2) is 5.78 Å². The van der Waals surface area contributed by atoms with E-state index in [-0.39, 0.29) is 5.78 Å². The molecule has 17 heavy (non-hydrogen) atoms. The van der Waals surface area contributed by atoms with Gasteiger partial charge in [-0.1, -0.05) is 29.8 Å². The summed E-state index contributed by atoms with van der Waals surface area (Å²) in [6.45, 7) is 3.87. The molecule has 1 aliphatic heterocycles. The van der Waals surface area contributed by atoms with E-state index in [2.05, 4.69) is 4.90 Å². The number of hydrogen-bond acceptors (Lipinski definition) is 3. The molecule has 0 spiro atoms. The fourth-order valence-electron chi connectivity index (χ4n) is 1.99. The Morgan fingerprint density at radius 1 is 1.18 bits per heavy atom. The number of carbonyl (C=O) groups is 2. The number of hydrogen-bond donors (Lipinski definition) is 0. The minimum Gasteiger partial charge on any atom is -0.300 e. The number of nitrogens with zero attached hydrogens (tertiary/aromatic N) is 1. The van der Waals surface area contributed by atoms with Crippen LogP contribution in [0, 0.1) is 6.92 Å². The summed E-state index contributed by atoms with van der Waals surface area (Å²) in [5.41, 5.74) is 1.91. The average molecular weight is 231 g/mol. The van der Waals surface area contributed by atoms with E-state index in [1.807, 2.05) is 31.2 Å². The summed E-state index contributed by atoms with van der Waals surface area (Å²) in [5, 5.41) is 0. The minimum absolute atomic E-state index is 0.138. The molecule has 1 aliphatic rings. The summed E-state index contributed by atoms with van der Waals surface area (Å²) in [5.74, 6) is 0.448. The van der Waals surface area contributed by atoms with Crippen LogP contribution in [0.4, 0.5) is 0 Å². The van der Waals surface area contributed by atoms with Crippen molar-refractivity contribution in [3.05, 3.63) is 35.4 Å². The Hall–Kier alpha value is -1.48. The number of aryl methyl sites for hydroxylation is 1. The third-order valence-corrected chi connectivity index (χ3v) is 3.15. The van der Waals surface area contributed by atoms with E-state index in [1.165, 1.54) is 0 Å². The van der Waals surface area contributed by atoms with Gasteiger partial charge < -0.3 is 0 Å². The molecule has 0 N–H and O–H groups in total. The van der Waals surface area contributed by atoms with Crippen LogP contribution in [-0.2, 0) is 4.79 Å². The van der Waals surface area contributed by atoms with Crippen molar-refractivity contribution in [3.63, 3.8) is 0 Å². The molecule has 2 rings (SSSR count). The quantitative estimate of drug-likeness (QED) is 0.745. The molecule has 1 aromatic carbocycles. The van der Waals surface area contributed by atoms with Gasteiger partial charge in [-0.05, 0) is 6.92 Å². The predicted octanol–water partition coefficient (Wildman–Crippen LogP) is 1.84. The average Bonchev–Trinajstić information content (AvgIpc) is 2.33. The van der Waals surface area contributed by atoms with Crippen LogP contribution in [0.1, 0.15) is 28.8 Å². The van der Waals surface area contributed by atoms with Crippen molar-refractivity contribution in [2.75, 3.05) is 19.6 Å². The second-order valence-electron chi connectivity index (χ2n) is 4.60. The Morgan fingerprint density at radius 2 is 1.76 bits per heavy atom. The van der Waals surface area contributed by atoms with Gasteiger partial charge in [0.05, 0.1) is 6.54 Å². The largest absolute Gasteiger partial charge is 0.300 e. The van der Waals surface area contributed by atoms with Crippen LogP contribution in [0.25, 0.3) is 0 Å². The van der Waals surface area contributed by atoms with Gasteiger partial charge in [0.25, 0.3) is 0 Å². The molecule has 1 heterocycles. The first kappa shape index (κ1) is 12.0. The summed E-state index contributed by atoms with van der Waals surface area (Å²) in [6.07, 6.45) is 1.17. The second kappa shape index (κ2) is 5.23. The second-order valence-corrected chi connectivity index (χ2v) is 4.60. The third kappa shape index (κ3) is 3.24. The molecule has 0 aliphatic carbocycles. The number of Topliss-reactive ketones (excluding diaryl/α,β-unsaturated/α-hetero) is 2. The molecule has 1 fully saturated rings. The molecule has 1 saturated heterocycles. The summed E-state index contributed by atoms with van der Waals surface area (Å²) < 4.78 is 0. The Balaban J connectivity index is 1.93. The van der Waals surface area contributed by atoms with Crippen LogP contribution < -0.4 is 0 Å². The normalized spacial score (nSPS) is 17.1. The van der Waals surface area contributed by atoms with Crippen molar-refractivity contribution in [1.82, 2.24) is 4.90 Å². The molecule has 90 valence electrons. The lowest BCUT2D eigenvalue weighted by Crippen LogP contribution is -2.37. The molecule has 0 atom stereocenters. The maximum Gasteiger partial charge on any atom is 0.176 e. The van der Waals surface area contributed by atoms with E-state index < -0.39 is 0 Å². The van der Waals surface area contributed by atoms with Gasteiger partial charge in [-0.25, -0.2) is 0 Å². The Bertz CT molecular complexity index is 412.